The van der Waals surface area contributed by atoms with E-state index in [-0.39, 0.29) is 0 Å². The van der Waals surface area contributed by atoms with E-state index in [9.17, 15) is 0 Å². The average Bonchev–Trinajstić information content (AvgIpc) is 2.62. The van der Waals surface area contributed by atoms with Gasteiger partial charge in [-0.2, -0.15) is 0 Å². The van der Waals surface area contributed by atoms with E-state index in [4.69, 9.17) is 27.9 Å². The Kier molecular flexibility index (Phi) is 8.82. The van der Waals surface area contributed by atoms with Crippen molar-refractivity contribution in [3.8, 4) is 0 Å². The van der Waals surface area contributed by atoms with E-state index in [1.165, 1.54) is 6.42 Å². The highest BCUT2D eigenvalue weighted by molar-refractivity contribution is 6.42. The van der Waals surface area contributed by atoms with Gasteiger partial charge in [-0.05, 0) is 37.1 Å². The molecule has 0 radical (unpaired) electrons. The van der Waals surface area contributed by atoms with Gasteiger partial charge in [0.1, 0.15) is 0 Å². The van der Waals surface area contributed by atoms with Crippen LogP contribution in [-0.4, -0.2) is 69.2 Å². The predicted octanol–water partition coefficient (Wildman–Crippen LogP) is 3.11. The fourth-order valence-electron chi connectivity index (χ4n) is 2.86. The Bertz CT molecular complexity index is 562. The third-order valence-electron chi connectivity index (χ3n) is 4.27. The van der Waals surface area contributed by atoms with Crippen molar-refractivity contribution in [2.75, 3.05) is 53.5 Å². The summed E-state index contributed by atoms with van der Waals surface area (Å²) >= 11 is 12.1. The Morgan fingerprint density at radius 2 is 2.00 bits per heavy atom. The summed E-state index contributed by atoms with van der Waals surface area (Å²) in [5.41, 5.74) is 1.10. The molecule has 25 heavy (non-hydrogen) atoms. The van der Waals surface area contributed by atoms with Gasteiger partial charge in [-0.15, -0.1) is 0 Å². The molecule has 1 aliphatic rings. The molecule has 0 amide bonds. The Morgan fingerprint density at radius 1 is 1.24 bits per heavy atom. The lowest BCUT2D eigenvalue weighted by molar-refractivity contribution is 0.0372. The summed E-state index contributed by atoms with van der Waals surface area (Å²) in [5, 5.41) is 4.59. The molecule has 0 atom stereocenters. The average molecular weight is 387 g/mol. The van der Waals surface area contributed by atoms with Crippen molar-refractivity contribution < 1.29 is 4.74 Å². The number of nitrogens with zero attached hydrogens (tertiary/aromatic N) is 3. The molecular weight excluding hydrogens is 359 g/mol. The van der Waals surface area contributed by atoms with Gasteiger partial charge < -0.3 is 15.0 Å². The number of halogens is 2. The second-order valence-electron chi connectivity index (χ2n) is 6.24. The number of hydrogen-bond donors (Lipinski definition) is 1. The van der Waals surface area contributed by atoms with Crippen LogP contribution in [0.1, 0.15) is 18.4 Å². The van der Waals surface area contributed by atoms with Crippen molar-refractivity contribution in [2.24, 2.45) is 4.99 Å². The second-order valence-corrected chi connectivity index (χ2v) is 7.05. The molecule has 0 spiro atoms. The summed E-state index contributed by atoms with van der Waals surface area (Å²) < 4.78 is 5.37. The lowest BCUT2D eigenvalue weighted by Crippen LogP contribution is -2.39. The normalized spacial score (nSPS) is 16.1. The summed E-state index contributed by atoms with van der Waals surface area (Å²) in [7, 11) is 3.83. The van der Waals surface area contributed by atoms with Gasteiger partial charge in [0.2, 0.25) is 0 Å². The Hall–Kier alpha value is -1.01. The molecule has 1 aromatic rings. The van der Waals surface area contributed by atoms with Crippen LogP contribution in [0.15, 0.2) is 23.2 Å². The molecule has 140 valence electrons. The van der Waals surface area contributed by atoms with Crippen molar-refractivity contribution in [2.45, 2.75) is 19.4 Å². The minimum absolute atomic E-state index is 0.579. The molecule has 5 nitrogen and oxygen atoms in total. The molecule has 0 aromatic heterocycles. The highest BCUT2D eigenvalue weighted by Crippen LogP contribution is 2.23. The number of rotatable bonds is 7. The van der Waals surface area contributed by atoms with Gasteiger partial charge in [0.25, 0.3) is 0 Å². The molecule has 1 saturated heterocycles. The quantitative estimate of drug-likeness (QED) is 0.443. The molecule has 0 bridgehead atoms. The summed E-state index contributed by atoms with van der Waals surface area (Å²) in [6.45, 7) is 6.63. The first kappa shape index (κ1) is 20.3. The van der Waals surface area contributed by atoms with Crippen molar-refractivity contribution in [3.63, 3.8) is 0 Å². The van der Waals surface area contributed by atoms with Crippen LogP contribution in [0.3, 0.4) is 0 Å². The molecule has 0 aliphatic carbocycles. The number of aliphatic imine (C=N–C) groups is 1. The van der Waals surface area contributed by atoms with Gasteiger partial charge in [-0.3, -0.25) is 9.89 Å². The molecule has 0 unspecified atom stereocenters. The fraction of sp³-hybridized carbons (Fsp3) is 0.611. The molecule has 2 rings (SSSR count). The smallest absolute Gasteiger partial charge is 0.193 e. The number of guanidine groups is 1. The van der Waals surface area contributed by atoms with E-state index < -0.39 is 0 Å². The minimum Gasteiger partial charge on any atom is -0.379 e. The van der Waals surface area contributed by atoms with Gasteiger partial charge >= 0.3 is 0 Å². The van der Waals surface area contributed by atoms with Crippen molar-refractivity contribution in [1.82, 2.24) is 15.1 Å². The van der Waals surface area contributed by atoms with Crippen molar-refractivity contribution in [1.29, 1.82) is 0 Å². The number of benzene rings is 1. The molecule has 1 heterocycles. The predicted molar refractivity (Wildman–Crippen MR) is 106 cm³/mol. The van der Waals surface area contributed by atoms with Gasteiger partial charge in [-0.25, -0.2) is 0 Å². The van der Waals surface area contributed by atoms with Crippen molar-refractivity contribution >= 4 is 29.2 Å². The zero-order valence-corrected chi connectivity index (χ0v) is 16.6. The van der Waals surface area contributed by atoms with E-state index in [1.807, 2.05) is 25.2 Å². The van der Waals surface area contributed by atoms with Crippen LogP contribution < -0.4 is 5.32 Å². The van der Waals surface area contributed by atoms with Crippen molar-refractivity contribution in [3.05, 3.63) is 33.8 Å². The first-order valence-corrected chi connectivity index (χ1v) is 9.51. The molecule has 1 aromatic carbocycles. The van der Waals surface area contributed by atoms with Crippen LogP contribution in [0.4, 0.5) is 0 Å². The van der Waals surface area contributed by atoms with Crippen LogP contribution in [0, 0.1) is 0 Å². The molecule has 1 fully saturated rings. The van der Waals surface area contributed by atoms with Gasteiger partial charge in [0.05, 0.1) is 23.3 Å². The SMILES string of the molecule is CN=C(NCCCCN1CCOCC1)N(C)Cc1ccc(Cl)c(Cl)c1. The van der Waals surface area contributed by atoms with Crippen LogP contribution in [0.5, 0.6) is 0 Å². The Morgan fingerprint density at radius 3 is 2.68 bits per heavy atom. The highest BCUT2D eigenvalue weighted by atomic mass is 35.5. The summed E-state index contributed by atoms with van der Waals surface area (Å²) in [4.78, 5) is 8.91. The maximum absolute atomic E-state index is 6.09. The molecule has 7 heteroatoms. The number of hydrogen-bond acceptors (Lipinski definition) is 3. The zero-order valence-electron chi connectivity index (χ0n) is 15.1. The number of morpholine rings is 1. The van der Waals surface area contributed by atoms with Crippen LogP contribution in [0.25, 0.3) is 0 Å². The summed E-state index contributed by atoms with van der Waals surface area (Å²) in [5.74, 6) is 0.887. The van der Waals surface area contributed by atoms with Gasteiger partial charge in [0, 0.05) is 40.3 Å². The number of ether oxygens (including phenoxy) is 1. The minimum atomic E-state index is 0.579. The van der Waals surface area contributed by atoms with E-state index >= 15 is 0 Å². The zero-order chi connectivity index (χ0) is 18.1. The van der Waals surface area contributed by atoms with Crippen LogP contribution >= 0.6 is 23.2 Å². The maximum Gasteiger partial charge on any atom is 0.193 e. The van der Waals surface area contributed by atoms with Crippen LogP contribution in [0.2, 0.25) is 10.0 Å². The topological polar surface area (TPSA) is 40.1 Å². The Labute approximate surface area is 160 Å². The third-order valence-corrected chi connectivity index (χ3v) is 5.00. The van der Waals surface area contributed by atoms with Gasteiger partial charge in [-0.1, -0.05) is 29.3 Å². The number of nitrogens with one attached hydrogen (secondary N) is 1. The highest BCUT2D eigenvalue weighted by Gasteiger charge is 2.10. The lowest BCUT2D eigenvalue weighted by atomic mass is 10.2. The lowest BCUT2D eigenvalue weighted by Gasteiger charge is -2.26. The van der Waals surface area contributed by atoms with E-state index in [0.29, 0.717) is 10.0 Å². The molecular formula is C18H28Cl2N4O. The summed E-state index contributed by atoms with van der Waals surface area (Å²) in [6.07, 6.45) is 2.30. The van der Waals surface area contributed by atoms with Gasteiger partial charge in [0.15, 0.2) is 5.96 Å². The number of unbranched alkanes of at least 4 members (excludes halogenated alkanes) is 1. The van der Waals surface area contributed by atoms with E-state index in [2.05, 4.69) is 20.1 Å². The summed E-state index contributed by atoms with van der Waals surface area (Å²) in [6, 6.07) is 5.71. The molecule has 1 aliphatic heterocycles. The fourth-order valence-corrected chi connectivity index (χ4v) is 3.18. The third kappa shape index (κ3) is 7.02. The molecule has 1 N–H and O–H groups in total. The first-order chi connectivity index (χ1) is 12.1. The Balaban J connectivity index is 1.68. The second kappa shape index (κ2) is 10.9. The van der Waals surface area contributed by atoms with Crippen LogP contribution in [-0.2, 0) is 11.3 Å². The maximum atomic E-state index is 6.09. The molecule has 0 saturated carbocycles. The van der Waals surface area contributed by atoms with E-state index in [1.54, 1.807) is 7.05 Å². The monoisotopic (exact) mass is 386 g/mol. The van der Waals surface area contributed by atoms with E-state index in [0.717, 1.165) is 63.9 Å². The first-order valence-electron chi connectivity index (χ1n) is 8.76. The standard InChI is InChI=1S/C18H28Cl2N4O/c1-21-18(22-7-3-4-8-24-9-11-25-12-10-24)23(2)14-15-5-6-16(19)17(20)13-15/h5-6,13H,3-4,7-12,14H2,1-2H3,(H,21,22). The largest absolute Gasteiger partial charge is 0.379 e.